The molecule has 25 heavy (non-hydrogen) atoms. The van der Waals surface area contributed by atoms with Crippen LogP contribution >= 0.6 is 0 Å². The van der Waals surface area contributed by atoms with Crippen molar-refractivity contribution in [3.8, 4) is 0 Å². The zero-order chi connectivity index (χ0) is 17.6. The Kier molecular flexibility index (Phi) is 5.50. The summed E-state index contributed by atoms with van der Waals surface area (Å²) in [6, 6.07) is 12.2. The van der Waals surface area contributed by atoms with Crippen LogP contribution < -0.4 is 15.5 Å². The molecule has 0 saturated heterocycles. The van der Waals surface area contributed by atoms with Gasteiger partial charge in [-0.15, -0.1) is 0 Å². The molecule has 6 nitrogen and oxygen atoms in total. The van der Waals surface area contributed by atoms with Crippen molar-refractivity contribution in [2.75, 3.05) is 19.6 Å². The minimum Gasteiger partial charge on any atom is -0.463 e. The zero-order valence-corrected chi connectivity index (χ0v) is 14.4. The minimum absolute atomic E-state index is 0.0262. The van der Waals surface area contributed by atoms with Crippen molar-refractivity contribution in [1.29, 1.82) is 0 Å². The van der Waals surface area contributed by atoms with E-state index in [9.17, 15) is 9.59 Å². The molecule has 2 heterocycles. The molecule has 2 aromatic rings. The number of benzene rings is 1. The Morgan fingerprint density at radius 1 is 1.12 bits per heavy atom. The van der Waals surface area contributed by atoms with Crippen LogP contribution in [0.4, 0.5) is 0 Å². The number of likely N-dealkylation sites (N-methyl/N-ethyl adjacent to an activating group) is 1. The molecule has 2 amide bonds. The fraction of sp³-hybridized carbons (Fsp3) is 0.368. The monoisotopic (exact) mass is 342 g/mol. The SMILES string of the molecule is CCNC(=O)C(=O)NC[C@H](c1ccco1)[NH+]1CCc2ccccc2C1. The average Bonchev–Trinajstić information content (AvgIpc) is 3.16. The standard InChI is InChI=1S/C19H23N3O3/c1-2-20-18(23)19(24)21-12-16(17-8-5-11-25-17)22-10-9-14-6-3-4-7-15(14)13-22/h3-8,11,16H,2,9-10,12-13H2,1H3,(H,20,23)(H,21,24)/p+1/t16-/m1/s1. The van der Waals surface area contributed by atoms with Crippen LogP contribution in [0.1, 0.15) is 29.9 Å². The highest BCUT2D eigenvalue weighted by atomic mass is 16.3. The highest BCUT2D eigenvalue weighted by Gasteiger charge is 2.31. The number of quaternary nitrogens is 1. The van der Waals surface area contributed by atoms with E-state index in [4.69, 9.17) is 4.42 Å². The number of fused-ring (bicyclic) bond motifs is 1. The Balaban J connectivity index is 1.71. The number of hydrogen-bond donors (Lipinski definition) is 3. The lowest BCUT2D eigenvalue weighted by Gasteiger charge is -2.31. The van der Waals surface area contributed by atoms with Gasteiger partial charge < -0.3 is 20.0 Å². The maximum Gasteiger partial charge on any atom is 0.309 e. The Hall–Kier alpha value is -2.60. The van der Waals surface area contributed by atoms with E-state index in [0.29, 0.717) is 13.1 Å². The van der Waals surface area contributed by atoms with Gasteiger partial charge in [-0.3, -0.25) is 9.59 Å². The summed E-state index contributed by atoms with van der Waals surface area (Å²) in [6.07, 6.45) is 2.64. The van der Waals surface area contributed by atoms with E-state index in [-0.39, 0.29) is 6.04 Å². The largest absolute Gasteiger partial charge is 0.463 e. The lowest BCUT2D eigenvalue weighted by atomic mass is 9.98. The normalized spacial score (nSPS) is 17.4. The average molecular weight is 342 g/mol. The van der Waals surface area contributed by atoms with E-state index in [1.54, 1.807) is 13.2 Å². The topological polar surface area (TPSA) is 75.8 Å². The second kappa shape index (κ2) is 7.98. The van der Waals surface area contributed by atoms with E-state index in [1.807, 2.05) is 12.1 Å². The summed E-state index contributed by atoms with van der Waals surface area (Å²) in [6.45, 7) is 4.41. The van der Waals surface area contributed by atoms with Gasteiger partial charge in [0.05, 0.1) is 19.4 Å². The van der Waals surface area contributed by atoms with Gasteiger partial charge in [0.2, 0.25) is 0 Å². The third-order valence-corrected chi connectivity index (χ3v) is 4.64. The molecule has 0 spiro atoms. The molecule has 0 saturated carbocycles. The van der Waals surface area contributed by atoms with Crippen LogP contribution in [0.2, 0.25) is 0 Å². The number of rotatable bonds is 5. The molecule has 3 N–H and O–H groups in total. The molecule has 1 unspecified atom stereocenters. The van der Waals surface area contributed by atoms with Gasteiger partial charge in [-0.2, -0.15) is 0 Å². The summed E-state index contributed by atoms with van der Waals surface area (Å²) in [7, 11) is 0. The summed E-state index contributed by atoms with van der Waals surface area (Å²) in [5.41, 5.74) is 2.71. The van der Waals surface area contributed by atoms with E-state index >= 15 is 0 Å². The molecule has 1 aliphatic heterocycles. The van der Waals surface area contributed by atoms with Crippen molar-refractivity contribution >= 4 is 11.8 Å². The lowest BCUT2D eigenvalue weighted by molar-refractivity contribution is -0.946. The fourth-order valence-corrected chi connectivity index (χ4v) is 3.35. The van der Waals surface area contributed by atoms with Crippen molar-refractivity contribution < 1.29 is 18.9 Å². The highest BCUT2D eigenvalue weighted by molar-refractivity contribution is 6.35. The summed E-state index contributed by atoms with van der Waals surface area (Å²) in [5.74, 6) is -0.375. The van der Waals surface area contributed by atoms with Gasteiger partial charge in [0.25, 0.3) is 0 Å². The molecule has 1 aliphatic rings. The Labute approximate surface area is 147 Å². The van der Waals surface area contributed by atoms with Crippen molar-refractivity contribution in [2.45, 2.75) is 25.9 Å². The van der Waals surface area contributed by atoms with Crippen LogP contribution in [-0.4, -0.2) is 31.4 Å². The molecule has 0 fully saturated rings. The maximum atomic E-state index is 11.9. The summed E-state index contributed by atoms with van der Waals surface area (Å²) < 4.78 is 5.60. The zero-order valence-electron chi connectivity index (χ0n) is 14.4. The van der Waals surface area contributed by atoms with Crippen LogP contribution in [0.25, 0.3) is 0 Å². The van der Waals surface area contributed by atoms with Gasteiger partial charge in [-0.1, -0.05) is 24.3 Å². The van der Waals surface area contributed by atoms with Crippen molar-refractivity contribution in [1.82, 2.24) is 10.6 Å². The second-order valence-corrected chi connectivity index (χ2v) is 6.24. The second-order valence-electron chi connectivity index (χ2n) is 6.24. The molecule has 0 bridgehead atoms. The molecule has 6 heteroatoms. The van der Waals surface area contributed by atoms with E-state index < -0.39 is 11.8 Å². The molecule has 1 aromatic heterocycles. The molecule has 132 valence electrons. The number of nitrogens with one attached hydrogen (secondary N) is 3. The molecule has 3 rings (SSSR count). The van der Waals surface area contributed by atoms with Crippen molar-refractivity contribution in [3.05, 3.63) is 59.5 Å². The van der Waals surface area contributed by atoms with Gasteiger partial charge >= 0.3 is 11.8 Å². The highest BCUT2D eigenvalue weighted by Crippen LogP contribution is 2.15. The first-order chi connectivity index (χ1) is 12.2. The lowest BCUT2D eigenvalue weighted by Crippen LogP contribution is -3.12. The van der Waals surface area contributed by atoms with Crippen molar-refractivity contribution in [3.63, 3.8) is 0 Å². The van der Waals surface area contributed by atoms with Gasteiger partial charge in [0.15, 0.2) is 11.8 Å². The van der Waals surface area contributed by atoms with E-state index in [0.717, 1.165) is 25.3 Å². The first-order valence-electron chi connectivity index (χ1n) is 8.69. The van der Waals surface area contributed by atoms with E-state index in [2.05, 4.69) is 34.9 Å². The Morgan fingerprint density at radius 3 is 2.60 bits per heavy atom. The van der Waals surface area contributed by atoms with Crippen LogP contribution in [-0.2, 0) is 22.6 Å². The number of carbonyl (C=O) groups is 2. The maximum absolute atomic E-state index is 11.9. The first kappa shape index (κ1) is 17.2. The molecule has 0 aliphatic carbocycles. The number of hydrogen-bond acceptors (Lipinski definition) is 3. The summed E-state index contributed by atoms with van der Waals surface area (Å²) >= 11 is 0. The molecule has 0 radical (unpaired) electrons. The Morgan fingerprint density at radius 2 is 1.88 bits per heavy atom. The number of carbonyl (C=O) groups excluding carboxylic acids is 2. The van der Waals surface area contributed by atoms with Gasteiger partial charge in [-0.25, -0.2) is 0 Å². The molecular formula is C19H24N3O3+. The number of furan rings is 1. The quantitative estimate of drug-likeness (QED) is 0.680. The molecular weight excluding hydrogens is 318 g/mol. The number of amides is 2. The fourth-order valence-electron chi connectivity index (χ4n) is 3.35. The third-order valence-electron chi connectivity index (χ3n) is 4.64. The van der Waals surface area contributed by atoms with Crippen molar-refractivity contribution in [2.24, 2.45) is 0 Å². The van der Waals surface area contributed by atoms with Gasteiger partial charge in [0, 0.05) is 18.5 Å². The Bertz CT molecular complexity index is 727. The van der Waals surface area contributed by atoms with Gasteiger partial charge in [-0.05, 0) is 24.6 Å². The van der Waals surface area contributed by atoms with Gasteiger partial charge in [0.1, 0.15) is 6.54 Å². The predicted molar refractivity (Wildman–Crippen MR) is 92.8 cm³/mol. The third kappa shape index (κ3) is 4.09. The van der Waals surface area contributed by atoms with Crippen LogP contribution in [0.5, 0.6) is 0 Å². The summed E-state index contributed by atoms with van der Waals surface area (Å²) in [4.78, 5) is 24.9. The van der Waals surface area contributed by atoms with Crippen LogP contribution in [0, 0.1) is 0 Å². The molecule has 1 aromatic carbocycles. The van der Waals surface area contributed by atoms with E-state index in [1.165, 1.54) is 16.0 Å². The summed E-state index contributed by atoms with van der Waals surface area (Å²) in [5, 5.41) is 5.26. The first-order valence-corrected chi connectivity index (χ1v) is 8.69. The molecule has 2 atom stereocenters. The predicted octanol–water partition coefficient (Wildman–Crippen LogP) is 0.214. The van der Waals surface area contributed by atoms with Crippen LogP contribution in [0.3, 0.4) is 0 Å². The minimum atomic E-state index is -0.602. The smallest absolute Gasteiger partial charge is 0.309 e. The van der Waals surface area contributed by atoms with Crippen LogP contribution in [0.15, 0.2) is 47.1 Å².